The maximum atomic E-state index is 6.53. The molecule has 5 aromatic rings. The van der Waals surface area contributed by atoms with Crippen LogP contribution in [-0.2, 0) is 0 Å². The molecule has 0 fully saturated rings. The van der Waals surface area contributed by atoms with Crippen LogP contribution < -0.4 is 4.52 Å². The summed E-state index contributed by atoms with van der Waals surface area (Å²) in [6, 6.07) is 18.6. The van der Waals surface area contributed by atoms with Crippen LogP contribution in [0.3, 0.4) is 0 Å². The van der Waals surface area contributed by atoms with E-state index in [0.29, 0.717) is 0 Å². The second-order valence-electron chi connectivity index (χ2n) is 8.65. The quantitative estimate of drug-likeness (QED) is 0.273. The lowest BCUT2D eigenvalue weighted by Gasteiger charge is -2.11. The fraction of sp³-hybridized carbons (Fsp3) is 0.214. The second-order valence-corrected chi connectivity index (χ2v) is 9.65. The summed E-state index contributed by atoms with van der Waals surface area (Å²) in [6.07, 6.45) is 0. The van der Waals surface area contributed by atoms with Crippen LogP contribution in [0.4, 0.5) is 0 Å². The highest BCUT2D eigenvalue weighted by Crippen LogP contribution is 2.43. The highest BCUT2D eigenvalue weighted by atomic mass is 31.1. The topological polar surface area (TPSA) is 35.5 Å². The van der Waals surface area contributed by atoms with Crippen LogP contribution in [0, 0.1) is 41.5 Å². The van der Waals surface area contributed by atoms with E-state index in [0.717, 1.165) is 49.6 Å². The molecule has 3 nitrogen and oxygen atoms in total. The monoisotopic (exact) mass is 442 g/mol. The Hall–Kier alpha value is -3.16. The van der Waals surface area contributed by atoms with E-state index >= 15 is 0 Å². The Morgan fingerprint density at radius 2 is 1.16 bits per heavy atom. The molecule has 0 aliphatic carbocycles. The summed E-state index contributed by atoms with van der Waals surface area (Å²) in [5.41, 5.74) is 8.80. The molecule has 0 aliphatic heterocycles. The van der Waals surface area contributed by atoms with Crippen LogP contribution in [0.15, 0.2) is 63.0 Å². The minimum atomic E-state index is -1.70. The third-order valence-corrected chi connectivity index (χ3v) is 7.48. The van der Waals surface area contributed by atoms with E-state index in [1.54, 1.807) is 0 Å². The van der Waals surface area contributed by atoms with Gasteiger partial charge in [0, 0.05) is 16.2 Å². The zero-order valence-corrected chi connectivity index (χ0v) is 20.3. The Balaban J connectivity index is 1.91. The second kappa shape index (κ2) is 7.76. The van der Waals surface area contributed by atoms with Crippen molar-refractivity contribution in [3.8, 4) is 5.75 Å². The van der Waals surface area contributed by atoms with Crippen LogP contribution in [0.2, 0.25) is 0 Å². The average Bonchev–Trinajstić information content (AvgIpc) is 2.94. The highest BCUT2D eigenvalue weighted by molar-refractivity contribution is 7.32. The van der Waals surface area contributed by atoms with Gasteiger partial charge in [0.05, 0.1) is 0 Å². The van der Waals surface area contributed by atoms with E-state index in [1.165, 1.54) is 22.3 Å². The Kier molecular flexibility index (Phi) is 5.03. The highest BCUT2D eigenvalue weighted by Gasteiger charge is 2.18. The van der Waals surface area contributed by atoms with Gasteiger partial charge in [-0.1, -0.05) is 48.5 Å². The summed E-state index contributed by atoms with van der Waals surface area (Å²) in [4.78, 5) is 0. The molecule has 162 valence electrons. The maximum absolute atomic E-state index is 6.53. The van der Waals surface area contributed by atoms with E-state index < -0.39 is 8.24 Å². The van der Waals surface area contributed by atoms with Gasteiger partial charge in [-0.3, -0.25) is 0 Å². The summed E-state index contributed by atoms with van der Waals surface area (Å²) in [6.45, 7) is 12.8. The first-order valence-corrected chi connectivity index (χ1v) is 12.0. The van der Waals surface area contributed by atoms with Gasteiger partial charge in [-0.05, 0) is 86.4 Å². The van der Waals surface area contributed by atoms with Crippen molar-refractivity contribution in [3.63, 3.8) is 0 Å². The van der Waals surface area contributed by atoms with Gasteiger partial charge in [0.2, 0.25) is 0 Å². The lowest BCUT2D eigenvalue weighted by Crippen LogP contribution is -1.91. The van der Waals surface area contributed by atoms with Crippen LogP contribution in [0.5, 0.6) is 5.75 Å². The van der Waals surface area contributed by atoms with Crippen molar-refractivity contribution < 1.29 is 12.9 Å². The summed E-state index contributed by atoms with van der Waals surface area (Å²) in [5, 5.41) is 4.41. The first-order valence-electron chi connectivity index (χ1n) is 10.9. The molecule has 5 rings (SSSR count). The van der Waals surface area contributed by atoms with Crippen molar-refractivity contribution in [2.45, 2.75) is 41.5 Å². The number of rotatable bonds is 2. The third-order valence-electron chi connectivity index (χ3n) is 6.47. The van der Waals surface area contributed by atoms with Gasteiger partial charge in [-0.15, -0.1) is 0 Å². The molecule has 0 saturated carbocycles. The predicted octanol–water partition coefficient (Wildman–Crippen LogP) is 9.14. The zero-order chi connectivity index (χ0) is 22.6. The molecule has 0 saturated heterocycles. The average molecular weight is 442 g/mol. The van der Waals surface area contributed by atoms with Gasteiger partial charge in [-0.25, -0.2) is 0 Å². The van der Waals surface area contributed by atoms with E-state index in [4.69, 9.17) is 12.9 Å². The van der Waals surface area contributed by atoms with Gasteiger partial charge in [-0.2, -0.15) is 0 Å². The number of aryl methyl sites for hydroxylation is 6. The molecule has 4 heteroatoms. The molecule has 0 unspecified atom stereocenters. The molecule has 0 N–H and O–H groups in total. The Morgan fingerprint density at radius 3 is 1.75 bits per heavy atom. The molecular weight excluding hydrogens is 415 g/mol. The largest absolute Gasteiger partial charge is 0.453 e. The molecule has 0 amide bonds. The van der Waals surface area contributed by atoms with Crippen molar-refractivity contribution in [3.05, 3.63) is 88.0 Å². The lowest BCUT2D eigenvalue weighted by atomic mass is 9.94. The summed E-state index contributed by atoms with van der Waals surface area (Å²) in [5.74, 6) is 0.766. The fourth-order valence-electron chi connectivity index (χ4n) is 4.52. The maximum Gasteiger partial charge on any atom is 0.453 e. The van der Waals surface area contributed by atoms with Gasteiger partial charge in [0.1, 0.15) is 16.9 Å². The van der Waals surface area contributed by atoms with Crippen LogP contribution in [0.25, 0.3) is 32.7 Å². The SMILES string of the molecule is Cc1cc(C)c2op(Oc3cccc4ccccc34)oc3c(C)cc(C)c(C)c3c2c1C. The third kappa shape index (κ3) is 3.29. The molecule has 0 radical (unpaired) electrons. The molecule has 1 heterocycles. The van der Waals surface area contributed by atoms with Crippen LogP contribution in [0.1, 0.15) is 33.4 Å². The van der Waals surface area contributed by atoms with E-state index in [9.17, 15) is 0 Å². The Morgan fingerprint density at radius 1 is 0.625 bits per heavy atom. The van der Waals surface area contributed by atoms with Gasteiger partial charge >= 0.3 is 8.24 Å². The Labute approximate surface area is 189 Å². The molecule has 0 spiro atoms. The summed E-state index contributed by atoms with van der Waals surface area (Å²) in [7, 11) is -1.70. The van der Waals surface area contributed by atoms with Gasteiger partial charge in [0.25, 0.3) is 0 Å². The first-order chi connectivity index (χ1) is 15.3. The molecule has 0 bridgehead atoms. The zero-order valence-electron chi connectivity index (χ0n) is 19.4. The minimum Gasteiger partial charge on any atom is -0.390 e. The van der Waals surface area contributed by atoms with Crippen molar-refractivity contribution in [1.29, 1.82) is 0 Å². The smallest absolute Gasteiger partial charge is 0.390 e. The number of benzene rings is 4. The fourth-order valence-corrected chi connectivity index (χ4v) is 5.72. The van der Waals surface area contributed by atoms with Crippen LogP contribution >= 0.6 is 8.24 Å². The molecule has 0 atom stereocenters. The molecule has 32 heavy (non-hydrogen) atoms. The number of hydrogen-bond donors (Lipinski definition) is 0. The van der Waals surface area contributed by atoms with Crippen molar-refractivity contribution in [2.24, 2.45) is 0 Å². The van der Waals surface area contributed by atoms with Crippen molar-refractivity contribution >= 4 is 41.0 Å². The van der Waals surface area contributed by atoms with E-state index in [2.05, 4.69) is 71.9 Å². The van der Waals surface area contributed by atoms with Crippen molar-refractivity contribution in [2.75, 3.05) is 0 Å². The molecular formula is C28H27O3P. The summed E-state index contributed by atoms with van der Waals surface area (Å²) >= 11 is 0. The normalized spacial score (nSPS) is 11.4. The molecule has 0 aliphatic rings. The number of hydrogen-bond acceptors (Lipinski definition) is 3. The molecule has 1 aromatic heterocycles. The van der Waals surface area contributed by atoms with Crippen LogP contribution in [-0.4, -0.2) is 0 Å². The Bertz CT molecular complexity index is 1480. The standard InChI is InChI=1S/C28H27O3P/c1-16-14-18(3)27-25(20(16)5)26-21(6)17(2)15-19(4)28(26)31-32(30-27)29-24-13-9-11-22-10-7-8-12-23(22)24/h7-15H,1-6H3. The minimum absolute atomic E-state index is 0.766. The van der Waals surface area contributed by atoms with Gasteiger partial charge in [0.15, 0.2) is 0 Å². The number of fused-ring (bicyclic) bond motifs is 4. The lowest BCUT2D eigenvalue weighted by molar-refractivity contribution is 0.500. The summed E-state index contributed by atoms with van der Waals surface area (Å²) < 4.78 is 19.5. The van der Waals surface area contributed by atoms with E-state index in [1.807, 2.05) is 24.3 Å². The molecule has 4 aromatic carbocycles. The first kappa shape index (κ1) is 20.7. The van der Waals surface area contributed by atoms with Crippen molar-refractivity contribution in [1.82, 2.24) is 0 Å². The predicted molar refractivity (Wildman–Crippen MR) is 135 cm³/mol. The van der Waals surface area contributed by atoms with Gasteiger partial charge < -0.3 is 12.9 Å². The van der Waals surface area contributed by atoms with E-state index in [-0.39, 0.29) is 0 Å².